The zero-order valence-corrected chi connectivity index (χ0v) is 14.7. The first-order chi connectivity index (χ1) is 11.2. The van der Waals surface area contributed by atoms with Gasteiger partial charge in [-0.3, -0.25) is 0 Å². The summed E-state index contributed by atoms with van der Waals surface area (Å²) in [6.45, 7) is 6.25. The van der Waals surface area contributed by atoms with Crippen LogP contribution < -0.4 is 11.1 Å². The van der Waals surface area contributed by atoms with E-state index in [1.54, 1.807) is 24.3 Å². The van der Waals surface area contributed by atoms with Gasteiger partial charge in [-0.1, -0.05) is 32.9 Å². The second-order valence-corrected chi connectivity index (χ2v) is 8.20. The van der Waals surface area contributed by atoms with Crippen molar-refractivity contribution in [1.29, 1.82) is 0 Å². The normalized spacial score (nSPS) is 11.3. The molecule has 0 atom stereocenters. The predicted octanol–water partition coefficient (Wildman–Crippen LogP) is 4.61. The van der Waals surface area contributed by atoms with Crippen LogP contribution in [0.15, 0.2) is 41.3 Å². The van der Waals surface area contributed by atoms with Crippen molar-refractivity contribution in [2.75, 3.05) is 11.1 Å². The molecule has 0 heterocycles. The van der Waals surface area contributed by atoms with Crippen LogP contribution in [-0.4, -0.2) is 15.8 Å². The highest BCUT2D eigenvalue weighted by Crippen LogP contribution is 2.39. The molecular formula is C18H21FN2O2S. The van der Waals surface area contributed by atoms with E-state index >= 15 is 0 Å². The van der Waals surface area contributed by atoms with Crippen molar-refractivity contribution in [3.63, 3.8) is 0 Å². The Kier molecular flexibility index (Phi) is 5.39. The van der Waals surface area contributed by atoms with Gasteiger partial charge in [-0.05, 0) is 24.3 Å². The van der Waals surface area contributed by atoms with Crippen LogP contribution in [0.25, 0.3) is 0 Å². The maximum Gasteiger partial charge on any atom is 0.336 e. The smallest absolute Gasteiger partial charge is 0.336 e. The van der Waals surface area contributed by atoms with Crippen LogP contribution >= 0.6 is 11.8 Å². The number of rotatable bonds is 5. The first-order valence-electron chi connectivity index (χ1n) is 7.51. The van der Waals surface area contributed by atoms with Gasteiger partial charge in [0.15, 0.2) is 0 Å². The molecule has 24 heavy (non-hydrogen) atoms. The van der Waals surface area contributed by atoms with Crippen molar-refractivity contribution in [1.82, 2.24) is 0 Å². The maximum absolute atomic E-state index is 13.8. The fourth-order valence-electron chi connectivity index (χ4n) is 2.24. The number of halogens is 1. The summed E-state index contributed by atoms with van der Waals surface area (Å²) in [6.07, 6.45) is 0. The Labute approximate surface area is 145 Å². The summed E-state index contributed by atoms with van der Waals surface area (Å²) in [7, 11) is 0. The summed E-state index contributed by atoms with van der Waals surface area (Å²) >= 11 is 1.50. The number of carboxylic acid groups (broad SMARTS) is 1. The Hall–Kier alpha value is -2.21. The van der Waals surface area contributed by atoms with E-state index in [0.29, 0.717) is 21.8 Å². The van der Waals surface area contributed by atoms with E-state index in [9.17, 15) is 14.3 Å². The third-order valence-electron chi connectivity index (χ3n) is 3.26. The Morgan fingerprint density at radius 1 is 1.25 bits per heavy atom. The van der Waals surface area contributed by atoms with Crippen molar-refractivity contribution in [2.45, 2.75) is 37.0 Å². The Bertz CT molecular complexity index is 757. The number of hydrogen-bond donors (Lipinski definition) is 3. The Morgan fingerprint density at radius 3 is 2.50 bits per heavy atom. The number of aromatic carboxylic acids is 1. The minimum Gasteiger partial charge on any atom is -0.478 e. The third-order valence-corrected chi connectivity index (χ3v) is 4.56. The number of thioether (sulfide) groups is 1. The summed E-state index contributed by atoms with van der Waals surface area (Å²) in [5.41, 5.74) is 7.65. The average molecular weight is 348 g/mol. The highest BCUT2D eigenvalue weighted by Gasteiger charge is 2.22. The summed E-state index contributed by atoms with van der Waals surface area (Å²) < 4.78 is 13.7. The minimum atomic E-state index is -1.03. The second-order valence-electron chi connectivity index (χ2n) is 6.36. The van der Waals surface area contributed by atoms with Gasteiger partial charge in [0, 0.05) is 27.4 Å². The highest BCUT2D eigenvalue weighted by atomic mass is 32.2. The SMILES string of the molecule is CC(C)(C)Sc1c(N)ccc(C(=O)O)c1CNc1ccccc1F. The van der Waals surface area contributed by atoms with Crippen molar-refractivity contribution >= 4 is 29.1 Å². The highest BCUT2D eigenvalue weighted by molar-refractivity contribution is 8.00. The van der Waals surface area contributed by atoms with Gasteiger partial charge in [-0.15, -0.1) is 11.8 Å². The van der Waals surface area contributed by atoms with E-state index in [1.807, 2.05) is 20.8 Å². The molecule has 0 unspecified atom stereocenters. The zero-order chi connectivity index (χ0) is 17.9. The zero-order valence-electron chi connectivity index (χ0n) is 13.9. The van der Waals surface area contributed by atoms with Crippen LogP contribution in [0.1, 0.15) is 36.7 Å². The molecule has 2 aromatic carbocycles. The number of carboxylic acids is 1. The van der Waals surface area contributed by atoms with Crippen molar-refractivity contribution < 1.29 is 14.3 Å². The van der Waals surface area contributed by atoms with Crippen LogP contribution in [-0.2, 0) is 6.54 Å². The van der Waals surface area contributed by atoms with E-state index < -0.39 is 5.97 Å². The molecule has 128 valence electrons. The lowest BCUT2D eigenvalue weighted by Crippen LogP contribution is -2.14. The van der Waals surface area contributed by atoms with Crippen LogP contribution in [0.4, 0.5) is 15.8 Å². The molecule has 4 N–H and O–H groups in total. The van der Waals surface area contributed by atoms with Crippen molar-refractivity contribution in [3.05, 3.63) is 53.3 Å². The van der Waals surface area contributed by atoms with Gasteiger partial charge in [0.05, 0.1) is 11.3 Å². The number of benzene rings is 2. The van der Waals surface area contributed by atoms with Gasteiger partial charge in [-0.25, -0.2) is 9.18 Å². The summed E-state index contributed by atoms with van der Waals surface area (Å²) in [5.74, 6) is -1.42. The number of nitrogen functional groups attached to an aromatic ring is 1. The number of nitrogens with one attached hydrogen (secondary N) is 1. The first kappa shape index (κ1) is 18.1. The predicted molar refractivity (Wildman–Crippen MR) is 97.2 cm³/mol. The lowest BCUT2D eigenvalue weighted by Gasteiger charge is -2.23. The molecule has 2 rings (SSSR count). The number of nitrogens with two attached hydrogens (primary N) is 1. The van der Waals surface area contributed by atoms with Crippen molar-refractivity contribution in [2.24, 2.45) is 0 Å². The van der Waals surface area contributed by atoms with Gasteiger partial charge < -0.3 is 16.2 Å². The molecular weight excluding hydrogens is 327 g/mol. The number of hydrogen-bond acceptors (Lipinski definition) is 4. The first-order valence-corrected chi connectivity index (χ1v) is 8.33. The molecule has 2 aromatic rings. The summed E-state index contributed by atoms with van der Waals surface area (Å²) in [5, 5.41) is 12.4. The quantitative estimate of drug-likeness (QED) is 0.543. The largest absolute Gasteiger partial charge is 0.478 e. The second kappa shape index (κ2) is 7.13. The summed E-state index contributed by atoms with van der Waals surface area (Å²) in [6, 6.07) is 9.37. The fourth-order valence-corrected chi connectivity index (χ4v) is 3.34. The molecule has 0 saturated heterocycles. The van der Waals surface area contributed by atoms with E-state index in [-0.39, 0.29) is 22.7 Å². The lowest BCUT2D eigenvalue weighted by atomic mass is 10.1. The van der Waals surface area contributed by atoms with E-state index in [1.165, 1.54) is 23.9 Å². The molecule has 4 nitrogen and oxygen atoms in total. The van der Waals surface area contributed by atoms with Gasteiger partial charge >= 0.3 is 5.97 Å². The topological polar surface area (TPSA) is 75.4 Å². The molecule has 0 fully saturated rings. The molecule has 0 aliphatic rings. The molecule has 0 saturated carbocycles. The van der Waals surface area contributed by atoms with Crippen LogP contribution in [0, 0.1) is 5.82 Å². The van der Waals surface area contributed by atoms with Gasteiger partial charge in [-0.2, -0.15) is 0 Å². The number of anilines is 2. The minimum absolute atomic E-state index is 0.141. The lowest BCUT2D eigenvalue weighted by molar-refractivity contribution is 0.0695. The molecule has 0 bridgehead atoms. The molecule has 0 aliphatic carbocycles. The molecule has 0 aromatic heterocycles. The van der Waals surface area contributed by atoms with E-state index in [4.69, 9.17) is 5.73 Å². The van der Waals surface area contributed by atoms with Gasteiger partial charge in [0.25, 0.3) is 0 Å². The molecule has 0 radical (unpaired) electrons. The standard InChI is InChI=1S/C18H21FN2O2S/c1-18(2,3)24-16-12(11(17(22)23)8-9-14(16)20)10-21-15-7-5-4-6-13(15)19/h4-9,21H,10,20H2,1-3H3,(H,22,23). The molecule has 0 aliphatic heterocycles. The summed E-state index contributed by atoms with van der Waals surface area (Å²) in [4.78, 5) is 12.3. The number of carbonyl (C=O) groups is 1. The van der Waals surface area contributed by atoms with Crippen LogP contribution in [0.2, 0.25) is 0 Å². The van der Waals surface area contributed by atoms with Crippen molar-refractivity contribution in [3.8, 4) is 0 Å². The molecule has 0 amide bonds. The van der Waals surface area contributed by atoms with Crippen LogP contribution in [0.3, 0.4) is 0 Å². The van der Waals surface area contributed by atoms with Crippen LogP contribution in [0.5, 0.6) is 0 Å². The Balaban J connectivity index is 2.43. The maximum atomic E-state index is 13.8. The molecule has 0 spiro atoms. The number of para-hydroxylation sites is 1. The van der Waals surface area contributed by atoms with Gasteiger partial charge in [0.1, 0.15) is 5.82 Å². The average Bonchev–Trinajstić information content (AvgIpc) is 2.47. The van der Waals surface area contributed by atoms with E-state index in [2.05, 4.69) is 5.32 Å². The fraction of sp³-hybridized carbons (Fsp3) is 0.278. The molecule has 6 heteroatoms. The van der Waals surface area contributed by atoms with Gasteiger partial charge in [0.2, 0.25) is 0 Å². The monoisotopic (exact) mass is 348 g/mol. The Morgan fingerprint density at radius 2 is 1.92 bits per heavy atom. The van der Waals surface area contributed by atoms with E-state index in [0.717, 1.165) is 0 Å². The third kappa shape index (κ3) is 4.41.